The van der Waals surface area contributed by atoms with Crippen molar-refractivity contribution in [3.05, 3.63) is 11.6 Å². The molecule has 0 aromatic rings. The Morgan fingerprint density at radius 1 is 0.541 bits per heavy atom. The summed E-state index contributed by atoms with van der Waals surface area (Å²) in [5.74, 6) is -1.94. The molecule has 0 aromatic heterocycles. The maximum absolute atomic E-state index is 15.3. The van der Waals surface area contributed by atoms with E-state index in [0.29, 0.717) is 44.9 Å². The van der Waals surface area contributed by atoms with Crippen LogP contribution in [0.4, 0.5) is 0 Å². The normalized spacial score (nSPS) is 53.1. The zero-order valence-electron chi connectivity index (χ0n) is 56.8. The van der Waals surface area contributed by atoms with E-state index in [2.05, 4.69) is 59.9 Å². The van der Waals surface area contributed by atoms with Crippen LogP contribution in [0.25, 0.3) is 0 Å². The van der Waals surface area contributed by atoms with E-state index >= 15 is 4.79 Å². The second kappa shape index (κ2) is 28.8. The summed E-state index contributed by atoms with van der Waals surface area (Å²) in [6.07, 6.45) is -39.7. The number of rotatable bonds is 17. The van der Waals surface area contributed by atoms with Crippen molar-refractivity contribution in [1.82, 2.24) is 5.32 Å². The van der Waals surface area contributed by atoms with E-state index in [0.717, 1.165) is 5.57 Å². The van der Waals surface area contributed by atoms with Crippen LogP contribution in [0.1, 0.15) is 120 Å². The lowest BCUT2D eigenvalue weighted by Gasteiger charge is -2.72. The summed E-state index contributed by atoms with van der Waals surface area (Å²) < 4.78 is 71.9. The van der Waals surface area contributed by atoms with Crippen LogP contribution in [0.5, 0.6) is 0 Å². The number of hydrogen-bond donors (Lipinski definition) is 18. The fourth-order valence-corrected chi connectivity index (χ4v) is 19.4. The van der Waals surface area contributed by atoms with Crippen molar-refractivity contribution < 1.29 is 153 Å². The maximum Gasteiger partial charge on any atom is 0.317 e. The van der Waals surface area contributed by atoms with Gasteiger partial charge >= 0.3 is 5.97 Å². The first-order valence-corrected chi connectivity index (χ1v) is 34.6. The molecule has 6 heterocycles. The van der Waals surface area contributed by atoms with Crippen molar-refractivity contribution in [3.8, 4) is 0 Å². The number of hydrogen-bond acceptors (Lipinski definition) is 31. The second-order valence-electron chi connectivity index (χ2n) is 31.8. The van der Waals surface area contributed by atoms with Crippen molar-refractivity contribution in [2.75, 3.05) is 33.0 Å². The molecule has 0 aromatic carbocycles. The summed E-state index contributed by atoms with van der Waals surface area (Å²) in [6, 6.07) is -1.32. The van der Waals surface area contributed by atoms with Crippen LogP contribution in [0.15, 0.2) is 11.6 Å². The largest absolute Gasteiger partial charge is 0.432 e. The molecule has 6 saturated heterocycles. The Morgan fingerprint density at radius 3 is 1.79 bits per heavy atom. The molecule has 1 amide bonds. The van der Waals surface area contributed by atoms with Gasteiger partial charge in [0.2, 0.25) is 12.2 Å². The molecule has 4 saturated carbocycles. The monoisotopic (exact) mass is 1410 g/mol. The number of nitrogens with one attached hydrogen (secondary N) is 1. The van der Waals surface area contributed by atoms with Gasteiger partial charge in [0.15, 0.2) is 31.5 Å². The Bertz CT molecular complexity index is 2800. The lowest BCUT2D eigenvalue weighted by atomic mass is 9.33. The van der Waals surface area contributed by atoms with E-state index in [1.54, 1.807) is 0 Å². The first kappa shape index (κ1) is 76.7. The van der Waals surface area contributed by atoms with Crippen molar-refractivity contribution >= 4 is 11.9 Å². The zero-order chi connectivity index (χ0) is 71.6. The molecule has 32 nitrogen and oxygen atoms in total. The third-order valence-electron chi connectivity index (χ3n) is 25.3. The number of ether oxygens (including phenoxy) is 12. The first-order valence-electron chi connectivity index (χ1n) is 34.6. The van der Waals surface area contributed by atoms with Gasteiger partial charge in [0.1, 0.15) is 134 Å². The number of carbonyl (C=O) groups excluding carboxylic acids is 2. The van der Waals surface area contributed by atoms with Crippen LogP contribution >= 0.6 is 0 Å². The number of aliphatic hydroxyl groups excluding tert-OH is 17. The van der Waals surface area contributed by atoms with E-state index in [4.69, 9.17) is 56.8 Å². The second-order valence-corrected chi connectivity index (χ2v) is 31.8. The highest BCUT2D eigenvalue weighted by molar-refractivity contribution is 5.80. The Morgan fingerprint density at radius 2 is 1.12 bits per heavy atom. The van der Waals surface area contributed by atoms with E-state index in [9.17, 15) is 91.6 Å². The molecule has 0 bridgehead atoms. The minimum Gasteiger partial charge on any atom is -0.432 e. The van der Waals surface area contributed by atoms with Crippen molar-refractivity contribution in [2.24, 2.45) is 50.2 Å². The zero-order valence-corrected chi connectivity index (χ0v) is 56.8. The highest BCUT2D eigenvalue weighted by atomic mass is 16.8. The van der Waals surface area contributed by atoms with Gasteiger partial charge < -0.3 is 149 Å². The SMILES string of the molecule is CC(=O)N[C@H]1[C@H](O[C@H]2CC[C@@]3(C)C(CC[C@]4(C)C3CC=C3[C@@H]5CC(C)(C)CC[C@]5(C(=O)OC5OC(CO)C(OC6OC(C)C(O)C(O)C6O)C(O)C5O)C(O)C[C@]34C)C2(C)C)O[C@H](COC2OC(CO)C(OC3OC(CO)C(O)C3O)C(OC3OCC(O)C(O)C3O)C2O)[C@@H](O)[C@@H]1O. The number of fused-ring (bicyclic) bond motifs is 7. The highest BCUT2D eigenvalue weighted by Crippen LogP contribution is 2.76. The topological polar surface area (TPSA) is 501 Å². The van der Waals surface area contributed by atoms with Crippen LogP contribution in [0.3, 0.4) is 0 Å². The van der Waals surface area contributed by atoms with E-state index in [-0.39, 0.29) is 35.5 Å². The van der Waals surface area contributed by atoms with Gasteiger partial charge in [-0.05, 0) is 110 Å². The molecule has 11 aliphatic rings. The molecule has 26 unspecified atom stereocenters. The molecule has 10 fully saturated rings. The lowest BCUT2D eigenvalue weighted by molar-refractivity contribution is -0.371. The Labute approximate surface area is 567 Å². The fraction of sp³-hybridized carbons (Fsp3) is 0.939. The van der Waals surface area contributed by atoms with Crippen LogP contribution in [-0.4, -0.2) is 316 Å². The predicted molar refractivity (Wildman–Crippen MR) is 328 cm³/mol. The molecule has 6 aliphatic heterocycles. The average molecular weight is 1410 g/mol. The molecular weight excluding hydrogens is 1300 g/mol. The van der Waals surface area contributed by atoms with Gasteiger partial charge in [-0.1, -0.05) is 60.1 Å². The molecule has 98 heavy (non-hydrogen) atoms. The van der Waals surface area contributed by atoms with Gasteiger partial charge in [-0.2, -0.15) is 0 Å². The minimum absolute atomic E-state index is 0.0159. The summed E-state index contributed by atoms with van der Waals surface area (Å²) in [6.45, 7) is 14.3. The maximum atomic E-state index is 15.3. The average Bonchev–Trinajstić information content (AvgIpc) is 0.715. The molecule has 32 heteroatoms. The van der Waals surface area contributed by atoms with Gasteiger partial charge in [-0.3, -0.25) is 9.59 Å². The molecule has 37 atom stereocenters. The number of amides is 1. The van der Waals surface area contributed by atoms with Gasteiger partial charge in [-0.15, -0.1) is 0 Å². The summed E-state index contributed by atoms with van der Waals surface area (Å²) >= 11 is 0. The van der Waals surface area contributed by atoms with Crippen molar-refractivity contribution in [2.45, 2.75) is 304 Å². The summed E-state index contributed by atoms with van der Waals surface area (Å²) in [7, 11) is 0. The lowest BCUT2D eigenvalue weighted by Crippen LogP contribution is -2.69. The molecule has 562 valence electrons. The van der Waals surface area contributed by atoms with Crippen LogP contribution in [0, 0.1) is 50.2 Å². The molecular formula is C66H107NO31. The van der Waals surface area contributed by atoms with Gasteiger partial charge in [0, 0.05) is 6.92 Å². The van der Waals surface area contributed by atoms with Crippen molar-refractivity contribution in [3.63, 3.8) is 0 Å². The van der Waals surface area contributed by atoms with E-state index < -0.39 is 257 Å². The molecule has 5 aliphatic carbocycles. The van der Waals surface area contributed by atoms with Crippen LogP contribution < -0.4 is 5.32 Å². The van der Waals surface area contributed by atoms with Crippen LogP contribution in [-0.2, 0) is 66.4 Å². The Hall–Kier alpha value is -2.44. The third kappa shape index (κ3) is 13.2. The first-order chi connectivity index (χ1) is 45.9. The summed E-state index contributed by atoms with van der Waals surface area (Å²) in [5.41, 5.74) is -2.90. The highest BCUT2D eigenvalue weighted by Gasteiger charge is 2.72. The Balaban J connectivity index is 0.795. The fourth-order valence-electron chi connectivity index (χ4n) is 19.4. The number of esters is 1. The quantitative estimate of drug-likeness (QED) is 0.0368. The molecule has 0 radical (unpaired) electrons. The molecule has 18 N–H and O–H groups in total. The van der Waals surface area contributed by atoms with Gasteiger partial charge in [0.25, 0.3) is 0 Å². The van der Waals surface area contributed by atoms with E-state index in [1.165, 1.54) is 13.8 Å². The van der Waals surface area contributed by atoms with Crippen molar-refractivity contribution in [1.29, 1.82) is 0 Å². The van der Waals surface area contributed by atoms with Gasteiger partial charge in [-0.25, -0.2) is 0 Å². The van der Waals surface area contributed by atoms with E-state index in [1.807, 2.05) is 0 Å². The Kier molecular flexibility index (Phi) is 22.5. The smallest absolute Gasteiger partial charge is 0.317 e. The van der Waals surface area contributed by atoms with Gasteiger partial charge in [0.05, 0.1) is 51.3 Å². The molecule has 11 rings (SSSR count). The number of allylic oxidation sites excluding steroid dienone is 2. The number of aliphatic hydroxyl groups is 17. The third-order valence-corrected chi connectivity index (χ3v) is 25.3. The predicted octanol–water partition coefficient (Wildman–Crippen LogP) is -4.97. The van der Waals surface area contributed by atoms with Crippen LogP contribution in [0.2, 0.25) is 0 Å². The number of carbonyl (C=O) groups is 2. The minimum atomic E-state index is -1.97. The standard InChI is InChI=1S/C66H107NO31/c1-25-39(74)44(79)48(83)57(89-25)95-51-31(21-69)92-59(49(84)45(51)80)98-60(86)66-17-16-61(3,4)18-28(66)27-10-11-35-63(7)14-13-37(62(5,6)34(63)12-15-64(35,8)65(27,9)19-36(66)73)94-54-38(67-26(2)71)43(78)42(77)33(93-54)24-88-56-50(85)53(97-55-46(81)40(75)29(72)23-87-55)52(32(22-70)91-56)96-58-47(82)41(76)30(20-68)90-58/h10,25,28-59,68-70,72-85H,11-24H2,1-9H3,(H,67,71)/t25?,28-,29?,30?,31?,32?,33+,34?,35?,36?,37-,38+,39?,40?,41?,42+,43+,44?,45?,46?,47?,48?,49?,50?,51?,52?,53?,54-,55?,56?,57?,58?,59?,63-,64+,65+,66+/m0/s1. The molecule has 0 spiro atoms. The summed E-state index contributed by atoms with van der Waals surface area (Å²) in [4.78, 5) is 28.1. The summed E-state index contributed by atoms with van der Waals surface area (Å²) in [5, 5.41) is 189.